The molecule has 0 aliphatic heterocycles. The van der Waals surface area contributed by atoms with Crippen molar-refractivity contribution in [3.8, 4) is 34.0 Å². The highest BCUT2D eigenvalue weighted by molar-refractivity contribution is 6.18. The van der Waals surface area contributed by atoms with Gasteiger partial charge in [-0.05, 0) is 77.9 Å². The Kier molecular flexibility index (Phi) is 6.63. The minimum absolute atomic E-state index is 0.606. The first kappa shape index (κ1) is 32.0. The zero-order valence-corrected chi connectivity index (χ0v) is 31.7. The van der Waals surface area contributed by atoms with Gasteiger partial charge in [0, 0.05) is 43.6 Å². The molecular weight excluding hydrogens is 721 g/mol. The lowest BCUT2D eigenvalue weighted by atomic mass is 10.0. The van der Waals surface area contributed by atoms with Gasteiger partial charge in [0.05, 0.1) is 44.3 Å². The highest BCUT2D eigenvalue weighted by Gasteiger charge is 2.23. The van der Waals surface area contributed by atoms with Gasteiger partial charge in [0.15, 0.2) is 5.65 Å². The van der Waals surface area contributed by atoms with Crippen molar-refractivity contribution in [3.05, 3.63) is 194 Å². The zero-order chi connectivity index (χ0) is 38.6. The normalized spacial score (nSPS) is 12.1. The third-order valence-corrected chi connectivity index (χ3v) is 12.0. The molecule has 0 N–H and O–H groups in total. The number of nitrogens with zero attached hydrogens (tertiary/aromatic N) is 6. The summed E-state index contributed by atoms with van der Waals surface area (Å²) in [7, 11) is 0. The third kappa shape index (κ3) is 4.59. The molecule has 0 radical (unpaired) electrons. The summed E-state index contributed by atoms with van der Waals surface area (Å²) in [5.41, 5.74) is 14.5. The molecule has 0 saturated carbocycles. The fraction of sp³-hybridized carbons (Fsp3) is 0. The molecule has 0 aliphatic rings. The van der Waals surface area contributed by atoms with E-state index >= 15 is 0 Å². The predicted octanol–water partition coefficient (Wildman–Crippen LogP) is 13.1. The molecule has 13 rings (SSSR count). The smallest absolute Gasteiger partial charge is 0.235 e. The molecule has 0 unspecified atom stereocenters. The number of hydrogen-bond acceptors (Lipinski definition) is 3. The first-order valence-corrected chi connectivity index (χ1v) is 20.0. The number of pyridine rings is 1. The van der Waals surface area contributed by atoms with Gasteiger partial charge in [-0.3, -0.25) is 8.97 Å². The molecule has 0 amide bonds. The Balaban J connectivity index is 1.07. The zero-order valence-electron chi connectivity index (χ0n) is 31.7. The van der Waals surface area contributed by atoms with Crippen LogP contribution in [0.1, 0.15) is 0 Å². The van der Waals surface area contributed by atoms with Crippen LogP contribution in [0, 0.1) is 0 Å². The first-order chi connectivity index (χ1) is 29.3. The van der Waals surface area contributed by atoms with Gasteiger partial charge < -0.3 is 4.57 Å². The Morgan fingerprint density at radius 1 is 0.339 bits per heavy atom. The summed E-state index contributed by atoms with van der Waals surface area (Å²) in [5, 5.41) is 6.83. The van der Waals surface area contributed by atoms with Crippen molar-refractivity contribution in [1.82, 2.24) is 28.5 Å². The molecule has 0 spiro atoms. The van der Waals surface area contributed by atoms with E-state index in [1.54, 1.807) is 0 Å². The maximum absolute atomic E-state index is 5.51. The van der Waals surface area contributed by atoms with Crippen LogP contribution in [0.25, 0.3) is 116 Å². The molecule has 274 valence electrons. The van der Waals surface area contributed by atoms with E-state index in [9.17, 15) is 0 Å². The fourth-order valence-electron chi connectivity index (χ4n) is 9.46. The van der Waals surface area contributed by atoms with E-state index in [4.69, 9.17) is 15.0 Å². The number of hydrogen-bond donors (Lipinski definition) is 0. The summed E-state index contributed by atoms with van der Waals surface area (Å²) in [6.45, 7) is 0. The molecule has 5 aromatic heterocycles. The Morgan fingerprint density at radius 2 is 0.864 bits per heavy atom. The van der Waals surface area contributed by atoms with Crippen LogP contribution in [-0.4, -0.2) is 28.5 Å². The maximum Gasteiger partial charge on any atom is 0.235 e. The van der Waals surface area contributed by atoms with Gasteiger partial charge in [-0.2, -0.15) is 0 Å². The number of imidazole rings is 1. The lowest BCUT2D eigenvalue weighted by Gasteiger charge is -2.15. The average Bonchev–Trinajstić information content (AvgIpc) is 3.97. The molecule has 59 heavy (non-hydrogen) atoms. The van der Waals surface area contributed by atoms with Gasteiger partial charge in [-0.25, -0.2) is 15.0 Å². The molecule has 6 heteroatoms. The van der Waals surface area contributed by atoms with Gasteiger partial charge in [0.2, 0.25) is 5.95 Å². The van der Waals surface area contributed by atoms with E-state index in [0.29, 0.717) is 5.95 Å². The molecule has 0 aliphatic carbocycles. The Labute approximate surface area is 337 Å². The molecule has 5 heterocycles. The highest BCUT2D eigenvalue weighted by Crippen LogP contribution is 2.41. The molecule has 0 fully saturated rings. The van der Waals surface area contributed by atoms with Crippen molar-refractivity contribution in [2.45, 2.75) is 0 Å². The largest absolute Gasteiger partial charge is 0.309 e. The molecule has 13 aromatic rings. The van der Waals surface area contributed by atoms with Gasteiger partial charge in [-0.15, -0.1) is 0 Å². The summed E-state index contributed by atoms with van der Waals surface area (Å²) in [4.78, 5) is 16.3. The van der Waals surface area contributed by atoms with E-state index in [2.05, 4.69) is 202 Å². The summed E-state index contributed by atoms with van der Waals surface area (Å²) in [6, 6.07) is 68.9. The monoisotopic (exact) mass is 752 g/mol. The molecule has 0 bridgehead atoms. The fourth-order valence-corrected chi connectivity index (χ4v) is 9.46. The van der Waals surface area contributed by atoms with Gasteiger partial charge in [-0.1, -0.05) is 127 Å². The standard InChI is InChI=1S/C53H32N6/c1-3-15-33(16-4-1)50-49-39-21-9-13-25-45(39)58-48-26-14-10-22-42(48)54-52(58)51(49)56-53(55-50)59-44-24-12-8-20-38(44)41-32-35(28-30-47(41)59)34-27-29-46-40(31-34)37-19-7-11-23-43(37)57(46)36-17-5-2-6-18-36/h1-32H. The minimum atomic E-state index is 0.606. The van der Waals surface area contributed by atoms with Gasteiger partial charge >= 0.3 is 0 Å². The van der Waals surface area contributed by atoms with Crippen LogP contribution in [0.2, 0.25) is 0 Å². The lowest BCUT2D eigenvalue weighted by Crippen LogP contribution is -2.05. The minimum Gasteiger partial charge on any atom is -0.309 e. The van der Waals surface area contributed by atoms with Crippen LogP contribution in [0.3, 0.4) is 0 Å². The highest BCUT2D eigenvalue weighted by atomic mass is 15.2. The average molecular weight is 753 g/mol. The lowest BCUT2D eigenvalue weighted by molar-refractivity contribution is 1.01. The Morgan fingerprint density at radius 3 is 1.56 bits per heavy atom. The molecule has 8 aromatic carbocycles. The predicted molar refractivity (Wildman–Crippen MR) is 243 cm³/mol. The van der Waals surface area contributed by atoms with E-state index < -0.39 is 0 Å². The van der Waals surface area contributed by atoms with Crippen molar-refractivity contribution in [2.75, 3.05) is 0 Å². The van der Waals surface area contributed by atoms with Crippen LogP contribution in [0.5, 0.6) is 0 Å². The van der Waals surface area contributed by atoms with Crippen LogP contribution >= 0.6 is 0 Å². The number of benzene rings is 8. The summed E-state index contributed by atoms with van der Waals surface area (Å²) < 4.78 is 6.84. The molecule has 0 saturated heterocycles. The van der Waals surface area contributed by atoms with E-state index in [0.717, 1.165) is 82.8 Å². The molecule has 0 atom stereocenters. The second-order valence-corrected chi connectivity index (χ2v) is 15.2. The van der Waals surface area contributed by atoms with Crippen molar-refractivity contribution >= 4 is 82.1 Å². The summed E-state index contributed by atoms with van der Waals surface area (Å²) in [5.74, 6) is 0.606. The SMILES string of the molecule is c1ccc(-c2nc(-n3c4ccccc4c4cc(-c5ccc6c(c5)c5ccccc5n6-c5ccccc5)ccc43)nc3c2c2ccccc2n2c4ccccc4nc32)cc1. The van der Waals surface area contributed by atoms with Crippen molar-refractivity contribution < 1.29 is 0 Å². The van der Waals surface area contributed by atoms with Gasteiger partial charge in [0.25, 0.3) is 0 Å². The van der Waals surface area contributed by atoms with Crippen LogP contribution < -0.4 is 0 Å². The van der Waals surface area contributed by atoms with Crippen molar-refractivity contribution in [2.24, 2.45) is 0 Å². The second-order valence-electron chi connectivity index (χ2n) is 15.2. The van der Waals surface area contributed by atoms with Gasteiger partial charge in [0.1, 0.15) is 5.52 Å². The van der Waals surface area contributed by atoms with Crippen molar-refractivity contribution in [1.29, 1.82) is 0 Å². The van der Waals surface area contributed by atoms with E-state index in [-0.39, 0.29) is 0 Å². The van der Waals surface area contributed by atoms with Crippen molar-refractivity contribution in [3.63, 3.8) is 0 Å². The number of rotatable bonds is 4. The first-order valence-electron chi connectivity index (χ1n) is 20.0. The Hall–Kier alpha value is -8.09. The molecule has 6 nitrogen and oxygen atoms in total. The van der Waals surface area contributed by atoms with Crippen LogP contribution in [0.4, 0.5) is 0 Å². The molecular formula is C53H32N6. The summed E-state index contributed by atoms with van der Waals surface area (Å²) >= 11 is 0. The van der Waals surface area contributed by atoms with E-state index in [1.807, 2.05) is 6.07 Å². The summed E-state index contributed by atoms with van der Waals surface area (Å²) in [6.07, 6.45) is 0. The maximum atomic E-state index is 5.51. The Bertz CT molecular complexity index is 3840. The topological polar surface area (TPSA) is 52.9 Å². The number of aromatic nitrogens is 6. The van der Waals surface area contributed by atoms with Crippen LogP contribution in [-0.2, 0) is 0 Å². The number of para-hydroxylation sites is 6. The van der Waals surface area contributed by atoms with E-state index in [1.165, 1.54) is 27.4 Å². The second kappa shape index (κ2) is 12.2. The number of fused-ring (bicyclic) bond motifs is 14. The third-order valence-electron chi connectivity index (χ3n) is 12.0. The van der Waals surface area contributed by atoms with Crippen LogP contribution in [0.15, 0.2) is 194 Å². The quantitative estimate of drug-likeness (QED) is 0.168.